The van der Waals surface area contributed by atoms with E-state index in [9.17, 15) is 4.79 Å². The molecule has 1 aromatic carbocycles. The monoisotopic (exact) mass is 326 g/mol. The van der Waals surface area contributed by atoms with E-state index in [0.29, 0.717) is 0 Å². The third-order valence-corrected chi connectivity index (χ3v) is 5.15. The Morgan fingerprint density at radius 1 is 1.22 bits per heavy atom. The highest BCUT2D eigenvalue weighted by Gasteiger charge is 2.26. The van der Waals surface area contributed by atoms with E-state index in [4.69, 9.17) is 0 Å². The first-order chi connectivity index (χ1) is 11.3. The molecule has 0 radical (unpaired) electrons. The smallest absolute Gasteiger partial charge is 0.167 e. The number of hydrogen-bond acceptors (Lipinski definition) is 4. The van der Waals surface area contributed by atoms with Gasteiger partial charge in [0.1, 0.15) is 0 Å². The maximum Gasteiger partial charge on any atom is 0.167 e. The van der Waals surface area contributed by atoms with Crippen LogP contribution in [0.2, 0.25) is 0 Å². The lowest BCUT2D eigenvalue weighted by Crippen LogP contribution is -2.38. The third kappa shape index (κ3) is 4.21. The van der Waals surface area contributed by atoms with Crippen LogP contribution in [0, 0.1) is 5.92 Å². The topological polar surface area (TPSA) is 33.2 Å². The molecule has 2 aromatic rings. The lowest BCUT2D eigenvalue weighted by atomic mass is 9.90. The largest absolute Gasteiger partial charge is 0.298 e. The molecule has 1 atom stereocenters. The predicted octanol–water partition coefficient (Wildman–Crippen LogP) is 3.90. The summed E-state index contributed by atoms with van der Waals surface area (Å²) in [6.45, 7) is 2.82. The summed E-state index contributed by atoms with van der Waals surface area (Å²) in [4.78, 5) is 20.4. The minimum atomic E-state index is 0.116. The average molecular weight is 326 g/mol. The summed E-state index contributed by atoms with van der Waals surface area (Å²) in [6.07, 6.45) is 7.79. The first kappa shape index (κ1) is 16.2. The number of piperidine rings is 1. The molecule has 0 N–H and O–H groups in total. The van der Waals surface area contributed by atoms with Crippen LogP contribution in [-0.4, -0.2) is 35.0 Å². The van der Waals surface area contributed by atoms with Gasteiger partial charge in [-0.05, 0) is 55.5 Å². The van der Waals surface area contributed by atoms with Gasteiger partial charge in [-0.2, -0.15) is 0 Å². The van der Waals surface area contributed by atoms with Crippen molar-refractivity contribution in [2.24, 2.45) is 5.92 Å². The second-order valence-electron chi connectivity index (χ2n) is 6.02. The van der Waals surface area contributed by atoms with E-state index in [2.05, 4.69) is 16.1 Å². The van der Waals surface area contributed by atoms with Gasteiger partial charge >= 0.3 is 0 Å². The summed E-state index contributed by atoms with van der Waals surface area (Å²) >= 11 is 1.70. The van der Waals surface area contributed by atoms with Crippen LogP contribution in [0.15, 0.2) is 53.7 Å². The molecule has 3 rings (SSSR count). The molecule has 3 nitrogen and oxygen atoms in total. The van der Waals surface area contributed by atoms with Crippen LogP contribution in [0.4, 0.5) is 0 Å². The molecule has 0 amide bonds. The summed E-state index contributed by atoms with van der Waals surface area (Å²) in [5.74, 6) is 0.405. The second kappa shape index (κ2) is 7.75. The van der Waals surface area contributed by atoms with Crippen molar-refractivity contribution in [2.45, 2.75) is 24.3 Å². The molecule has 120 valence electrons. The Bertz CT molecular complexity index is 642. The number of pyridine rings is 1. The number of rotatable bonds is 5. The Labute approximate surface area is 142 Å². The predicted molar refractivity (Wildman–Crippen MR) is 94.8 cm³/mol. The van der Waals surface area contributed by atoms with Crippen LogP contribution in [0.3, 0.4) is 0 Å². The Balaban J connectivity index is 1.64. The zero-order valence-electron chi connectivity index (χ0n) is 13.4. The van der Waals surface area contributed by atoms with E-state index >= 15 is 0 Å². The fraction of sp³-hybridized carbons (Fsp3) is 0.368. The van der Waals surface area contributed by atoms with Gasteiger partial charge in [0.15, 0.2) is 5.78 Å². The Morgan fingerprint density at radius 3 is 2.65 bits per heavy atom. The first-order valence-corrected chi connectivity index (χ1v) is 9.28. The van der Waals surface area contributed by atoms with Crippen LogP contribution < -0.4 is 0 Å². The summed E-state index contributed by atoms with van der Waals surface area (Å²) in [6, 6.07) is 12.1. The van der Waals surface area contributed by atoms with Crippen molar-refractivity contribution < 1.29 is 4.79 Å². The number of hydrogen-bond donors (Lipinski definition) is 0. The van der Waals surface area contributed by atoms with Gasteiger partial charge in [-0.15, -0.1) is 11.8 Å². The van der Waals surface area contributed by atoms with Gasteiger partial charge in [0.2, 0.25) is 0 Å². The minimum absolute atomic E-state index is 0.116. The van der Waals surface area contributed by atoms with Crippen molar-refractivity contribution in [3.05, 3.63) is 59.9 Å². The van der Waals surface area contributed by atoms with Crippen LogP contribution >= 0.6 is 11.8 Å². The molecule has 0 saturated carbocycles. The van der Waals surface area contributed by atoms with Gasteiger partial charge in [-0.3, -0.25) is 14.7 Å². The number of ketones is 1. The summed E-state index contributed by atoms with van der Waals surface area (Å²) < 4.78 is 0. The maximum absolute atomic E-state index is 12.8. The third-order valence-electron chi connectivity index (χ3n) is 4.41. The number of Topliss-reactive ketones (excluding diaryl/α,β-unsaturated/α-hetero) is 1. The summed E-state index contributed by atoms with van der Waals surface area (Å²) in [5.41, 5.74) is 2.11. The number of aromatic nitrogens is 1. The lowest BCUT2D eigenvalue weighted by molar-refractivity contribution is 0.0811. The fourth-order valence-electron chi connectivity index (χ4n) is 3.15. The van der Waals surface area contributed by atoms with E-state index in [-0.39, 0.29) is 11.7 Å². The summed E-state index contributed by atoms with van der Waals surface area (Å²) in [5, 5.41) is 0. The van der Waals surface area contributed by atoms with E-state index < -0.39 is 0 Å². The molecule has 1 unspecified atom stereocenters. The van der Waals surface area contributed by atoms with Crippen molar-refractivity contribution in [1.29, 1.82) is 0 Å². The molecule has 0 spiro atoms. The van der Waals surface area contributed by atoms with Gasteiger partial charge in [0, 0.05) is 41.9 Å². The Kier molecular flexibility index (Phi) is 5.47. The quantitative estimate of drug-likeness (QED) is 0.616. The zero-order chi connectivity index (χ0) is 16.1. The van der Waals surface area contributed by atoms with E-state index in [1.807, 2.05) is 48.8 Å². The lowest BCUT2D eigenvalue weighted by Gasteiger charge is -2.32. The molecule has 1 aliphatic rings. The van der Waals surface area contributed by atoms with Gasteiger partial charge in [0.05, 0.1) is 0 Å². The van der Waals surface area contributed by atoms with Crippen molar-refractivity contribution in [3.8, 4) is 0 Å². The molecule has 23 heavy (non-hydrogen) atoms. The molecular weight excluding hydrogens is 304 g/mol. The average Bonchev–Trinajstić information content (AvgIpc) is 2.62. The van der Waals surface area contributed by atoms with Crippen molar-refractivity contribution >= 4 is 17.5 Å². The molecular formula is C19H22N2OS. The highest BCUT2D eigenvalue weighted by Crippen LogP contribution is 2.23. The van der Waals surface area contributed by atoms with Crippen LogP contribution in [0.5, 0.6) is 0 Å². The first-order valence-electron chi connectivity index (χ1n) is 8.06. The van der Waals surface area contributed by atoms with Gasteiger partial charge in [-0.1, -0.05) is 12.1 Å². The van der Waals surface area contributed by atoms with Gasteiger partial charge < -0.3 is 0 Å². The number of carbonyl (C=O) groups is 1. The molecule has 1 aliphatic heterocycles. The van der Waals surface area contributed by atoms with E-state index in [1.165, 1.54) is 10.5 Å². The number of benzene rings is 1. The van der Waals surface area contributed by atoms with E-state index in [1.54, 1.807) is 11.8 Å². The van der Waals surface area contributed by atoms with Gasteiger partial charge in [-0.25, -0.2) is 0 Å². The molecule has 1 saturated heterocycles. The van der Waals surface area contributed by atoms with Crippen molar-refractivity contribution in [2.75, 3.05) is 19.3 Å². The molecule has 2 heterocycles. The summed E-state index contributed by atoms with van der Waals surface area (Å²) in [7, 11) is 0. The van der Waals surface area contributed by atoms with E-state index in [0.717, 1.165) is 38.0 Å². The second-order valence-corrected chi connectivity index (χ2v) is 6.90. The fourth-order valence-corrected chi connectivity index (χ4v) is 3.56. The zero-order valence-corrected chi connectivity index (χ0v) is 14.3. The molecule has 1 fully saturated rings. The van der Waals surface area contributed by atoms with Crippen LogP contribution in [0.25, 0.3) is 0 Å². The highest BCUT2D eigenvalue weighted by atomic mass is 32.2. The molecule has 1 aromatic heterocycles. The Hall–Kier alpha value is -1.65. The minimum Gasteiger partial charge on any atom is -0.298 e. The van der Waals surface area contributed by atoms with Crippen molar-refractivity contribution in [3.63, 3.8) is 0 Å². The number of likely N-dealkylation sites (tertiary alicyclic amines) is 1. The van der Waals surface area contributed by atoms with Crippen LogP contribution in [0.1, 0.15) is 28.8 Å². The molecule has 0 bridgehead atoms. The Morgan fingerprint density at radius 2 is 1.96 bits per heavy atom. The van der Waals surface area contributed by atoms with Crippen molar-refractivity contribution in [1.82, 2.24) is 9.88 Å². The molecule has 0 aliphatic carbocycles. The van der Waals surface area contributed by atoms with Gasteiger partial charge in [0.25, 0.3) is 0 Å². The van der Waals surface area contributed by atoms with Crippen LogP contribution in [-0.2, 0) is 6.54 Å². The number of thioether (sulfide) groups is 1. The SMILES string of the molecule is CSc1ccc(C(=O)C2CCCN(Cc3ccncc3)C2)cc1. The normalized spacial score (nSPS) is 18.7. The maximum atomic E-state index is 12.8. The number of nitrogens with zero attached hydrogens (tertiary/aromatic N) is 2. The highest BCUT2D eigenvalue weighted by molar-refractivity contribution is 7.98. The standard InChI is InChI=1S/C19H22N2OS/c1-23-18-6-4-16(5-7-18)19(22)17-3-2-12-21(14-17)13-15-8-10-20-11-9-15/h4-11,17H,2-3,12-14H2,1H3. The number of carbonyl (C=O) groups excluding carboxylic acids is 1. The molecule has 4 heteroatoms.